The summed E-state index contributed by atoms with van der Waals surface area (Å²) in [7, 11) is -0.560. The lowest BCUT2D eigenvalue weighted by atomic mass is 10.2. The molecule has 0 amide bonds. The average molecular weight is 311 g/mol. The first-order valence-electron chi connectivity index (χ1n) is 6.93. The fraction of sp³-hybridized carbons (Fsp3) is 0.600. The molecule has 0 unspecified atom stereocenters. The number of ether oxygens (including phenoxy) is 1. The van der Waals surface area contributed by atoms with Gasteiger partial charge in [-0.2, -0.15) is 0 Å². The topological polar surface area (TPSA) is 68.7 Å². The Labute approximate surface area is 127 Å². The second-order valence-corrected chi connectivity index (χ2v) is 11.3. The molecule has 0 radical (unpaired) electrons. The third-order valence-electron chi connectivity index (χ3n) is 3.90. The predicted molar refractivity (Wildman–Crippen MR) is 83.5 cm³/mol. The van der Waals surface area contributed by atoms with E-state index in [4.69, 9.17) is 9.16 Å². The summed E-state index contributed by atoms with van der Waals surface area (Å²) in [5.41, 5.74) is 1.45. The minimum atomic E-state index is -1.89. The summed E-state index contributed by atoms with van der Waals surface area (Å²) in [5, 5.41) is 9.36. The second kappa shape index (κ2) is 6.68. The van der Waals surface area contributed by atoms with Gasteiger partial charge in [0.2, 0.25) is 0 Å². The summed E-state index contributed by atoms with van der Waals surface area (Å²) in [5.74, 6) is -0.444. The summed E-state index contributed by atoms with van der Waals surface area (Å²) in [6.07, 6.45) is 0. The zero-order valence-electron chi connectivity index (χ0n) is 13.7. The molecule has 1 rings (SSSR count). The minimum Gasteiger partial charge on any atom is -0.465 e. The van der Waals surface area contributed by atoms with E-state index in [2.05, 4.69) is 38.8 Å². The van der Waals surface area contributed by atoms with Crippen molar-refractivity contribution in [2.24, 2.45) is 0 Å². The van der Waals surface area contributed by atoms with Crippen LogP contribution in [0.5, 0.6) is 0 Å². The Kier molecular flexibility index (Phi) is 5.66. The third kappa shape index (κ3) is 4.62. The van der Waals surface area contributed by atoms with Gasteiger partial charge in [-0.05, 0) is 30.3 Å². The molecule has 6 heteroatoms. The molecule has 0 aromatic carbocycles. The molecule has 0 atom stereocenters. The van der Waals surface area contributed by atoms with Crippen molar-refractivity contribution in [2.45, 2.75) is 52.1 Å². The number of hydrogen-bond donors (Lipinski definition) is 1. The van der Waals surface area contributed by atoms with Crippen molar-refractivity contribution in [1.82, 2.24) is 4.98 Å². The van der Waals surface area contributed by atoms with Crippen LogP contribution >= 0.6 is 0 Å². The smallest absolute Gasteiger partial charge is 0.337 e. The van der Waals surface area contributed by atoms with Crippen LogP contribution in [0.4, 0.5) is 0 Å². The standard InChI is InChI=1S/C15H25NO4Si/c1-15(2,3)21(5,6)20-10-13-8-11(14(18)19-4)7-12(9-17)16-13/h7-8,17H,9-10H2,1-6H3. The molecule has 0 aliphatic heterocycles. The fourth-order valence-electron chi connectivity index (χ4n) is 1.51. The van der Waals surface area contributed by atoms with Crippen molar-refractivity contribution in [3.05, 3.63) is 29.1 Å². The van der Waals surface area contributed by atoms with E-state index in [1.54, 1.807) is 6.07 Å². The molecule has 0 bridgehead atoms. The predicted octanol–water partition coefficient (Wildman–Crippen LogP) is 2.88. The van der Waals surface area contributed by atoms with Gasteiger partial charge in [0.05, 0.1) is 37.3 Å². The summed E-state index contributed by atoms with van der Waals surface area (Å²) in [4.78, 5) is 15.9. The van der Waals surface area contributed by atoms with Gasteiger partial charge in [-0.1, -0.05) is 20.8 Å². The summed E-state index contributed by atoms with van der Waals surface area (Å²) in [6, 6.07) is 3.18. The Bertz CT molecular complexity index is 509. The molecule has 0 spiro atoms. The van der Waals surface area contributed by atoms with Crippen LogP contribution in [-0.4, -0.2) is 31.5 Å². The number of aliphatic hydroxyl groups excluding tert-OH is 1. The molecule has 1 aromatic heterocycles. The van der Waals surface area contributed by atoms with Gasteiger partial charge in [0.1, 0.15) is 0 Å². The van der Waals surface area contributed by atoms with Gasteiger partial charge in [-0.25, -0.2) is 4.79 Å². The van der Waals surface area contributed by atoms with Crippen LogP contribution in [0.2, 0.25) is 18.1 Å². The van der Waals surface area contributed by atoms with E-state index < -0.39 is 14.3 Å². The number of aromatic nitrogens is 1. The Morgan fingerprint density at radius 1 is 1.29 bits per heavy atom. The van der Waals surface area contributed by atoms with E-state index in [0.717, 1.165) is 0 Å². The lowest BCUT2D eigenvalue weighted by Gasteiger charge is -2.36. The number of hydrogen-bond acceptors (Lipinski definition) is 5. The summed E-state index contributed by atoms with van der Waals surface area (Å²) < 4.78 is 10.8. The van der Waals surface area contributed by atoms with E-state index in [1.165, 1.54) is 13.2 Å². The third-order valence-corrected chi connectivity index (χ3v) is 8.38. The second-order valence-electron chi connectivity index (χ2n) is 6.54. The minimum absolute atomic E-state index is 0.104. The van der Waals surface area contributed by atoms with Crippen LogP contribution in [0.25, 0.3) is 0 Å². The van der Waals surface area contributed by atoms with Crippen molar-refractivity contribution >= 4 is 14.3 Å². The first kappa shape index (κ1) is 17.8. The molecule has 118 valence electrons. The average Bonchev–Trinajstić information content (AvgIpc) is 2.42. The number of esters is 1. The fourth-order valence-corrected chi connectivity index (χ4v) is 2.45. The van der Waals surface area contributed by atoms with Gasteiger partial charge < -0.3 is 14.3 Å². The monoisotopic (exact) mass is 311 g/mol. The maximum absolute atomic E-state index is 11.6. The number of methoxy groups -OCH3 is 1. The Balaban J connectivity index is 2.96. The summed E-state index contributed by atoms with van der Waals surface area (Å²) in [6.45, 7) is 10.9. The number of rotatable bonds is 5. The van der Waals surface area contributed by atoms with Crippen LogP contribution in [0, 0.1) is 0 Å². The van der Waals surface area contributed by atoms with E-state index in [-0.39, 0.29) is 11.6 Å². The maximum atomic E-state index is 11.6. The molecule has 0 saturated carbocycles. The van der Waals surface area contributed by atoms with E-state index >= 15 is 0 Å². The number of carbonyl (C=O) groups is 1. The summed E-state index contributed by atoms with van der Waals surface area (Å²) >= 11 is 0. The highest BCUT2D eigenvalue weighted by Crippen LogP contribution is 2.37. The van der Waals surface area contributed by atoms with Crippen LogP contribution in [-0.2, 0) is 22.4 Å². The van der Waals surface area contributed by atoms with Crippen LogP contribution < -0.4 is 0 Å². The Hall–Kier alpha value is -1.24. The SMILES string of the molecule is COC(=O)c1cc(CO)nc(CO[Si](C)(C)C(C)(C)C)c1. The first-order valence-corrected chi connectivity index (χ1v) is 9.84. The number of carbonyl (C=O) groups excluding carboxylic acids is 1. The van der Waals surface area contributed by atoms with Crippen molar-refractivity contribution in [1.29, 1.82) is 0 Å². The van der Waals surface area contributed by atoms with Gasteiger partial charge in [-0.15, -0.1) is 0 Å². The molecule has 0 fully saturated rings. The lowest BCUT2D eigenvalue weighted by molar-refractivity contribution is 0.0600. The number of aliphatic hydroxyl groups is 1. The molecule has 0 aliphatic carbocycles. The normalized spacial score (nSPS) is 12.3. The van der Waals surface area contributed by atoms with Crippen molar-refractivity contribution in [2.75, 3.05) is 7.11 Å². The first-order chi connectivity index (χ1) is 9.60. The lowest BCUT2D eigenvalue weighted by Crippen LogP contribution is -2.40. The molecular formula is C15H25NO4Si. The van der Waals surface area contributed by atoms with Crippen LogP contribution in [0.15, 0.2) is 12.1 Å². The Morgan fingerprint density at radius 3 is 2.33 bits per heavy atom. The zero-order chi connectivity index (χ0) is 16.3. The van der Waals surface area contributed by atoms with Gasteiger partial charge in [0.15, 0.2) is 8.32 Å². The molecule has 1 N–H and O–H groups in total. The highest BCUT2D eigenvalue weighted by atomic mass is 28.4. The molecule has 1 aromatic rings. The number of nitrogens with zero attached hydrogens (tertiary/aromatic N) is 1. The van der Waals surface area contributed by atoms with E-state index in [0.29, 0.717) is 23.6 Å². The molecular weight excluding hydrogens is 286 g/mol. The molecule has 0 aliphatic rings. The van der Waals surface area contributed by atoms with Gasteiger partial charge in [0.25, 0.3) is 0 Å². The van der Waals surface area contributed by atoms with Gasteiger partial charge in [0, 0.05) is 0 Å². The van der Waals surface area contributed by atoms with Crippen molar-refractivity contribution in [3.8, 4) is 0 Å². The molecule has 5 nitrogen and oxygen atoms in total. The molecule has 0 saturated heterocycles. The van der Waals surface area contributed by atoms with Crippen LogP contribution in [0.3, 0.4) is 0 Å². The quantitative estimate of drug-likeness (QED) is 0.669. The van der Waals surface area contributed by atoms with Crippen molar-refractivity contribution in [3.63, 3.8) is 0 Å². The zero-order valence-corrected chi connectivity index (χ0v) is 14.7. The van der Waals surface area contributed by atoms with Crippen LogP contribution in [0.1, 0.15) is 42.5 Å². The van der Waals surface area contributed by atoms with E-state index in [1.807, 2.05) is 0 Å². The largest absolute Gasteiger partial charge is 0.465 e. The van der Waals surface area contributed by atoms with Gasteiger partial charge >= 0.3 is 5.97 Å². The molecule has 21 heavy (non-hydrogen) atoms. The number of pyridine rings is 1. The van der Waals surface area contributed by atoms with Crippen molar-refractivity contribution < 1.29 is 19.1 Å². The highest BCUT2D eigenvalue weighted by molar-refractivity contribution is 6.74. The van der Waals surface area contributed by atoms with E-state index in [9.17, 15) is 9.90 Å². The van der Waals surface area contributed by atoms with Gasteiger partial charge in [-0.3, -0.25) is 4.98 Å². The Morgan fingerprint density at radius 2 is 1.86 bits per heavy atom. The highest BCUT2D eigenvalue weighted by Gasteiger charge is 2.37. The molecule has 1 heterocycles. The maximum Gasteiger partial charge on any atom is 0.337 e.